The van der Waals surface area contributed by atoms with Crippen LogP contribution in [0.5, 0.6) is 0 Å². The van der Waals surface area contributed by atoms with E-state index in [0.717, 1.165) is 11.5 Å². The van der Waals surface area contributed by atoms with Crippen molar-refractivity contribution < 1.29 is 0 Å². The number of thiocarbonyl (C=S) groups is 1. The zero-order valence-electron chi connectivity index (χ0n) is 11.9. The molecule has 0 atom stereocenters. The second kappa shape index (κ2) is 6.38. The lowest BCUT2D eigenvalue weighted by Gasteiger charge is -2.36. The summed E-state index contributed by atoms with van der Waals surface area (Å²) < 4.78 is 0. The Kier molecular flexibility index (Phi) is 4.81. The van der Waals surface area contributed by atoms with E-state index < -0.39 is 0 Å². The van der Waals surface area contributed by atoms with E-state index in [0.29, 0.717) is 11.0 Å². The molecule has 1 aliphatic rings. The topological polar surface area (TPSA) is 29.3 Å². The Labute approximate surface area is 122 Å². The molecule has 1 saturated carbocycles. The average Bonchev–Trinajstić information content (AvgIpc) is 2.46. The highest BCUT2D eigenvalue weighted by atomic mass is 32.1. The van der Waals surface area contributed by atoms with Crippen LogP contribution < -0.4 is 10.6 Å². The second-order valence-corrected chi connectivity index (χ2v) is 6.05. The van der Waals surface area contributed by atoms with E-state index in [4.69, 9.17) is 18.0 Å². The van der Waals surface area contributed by atoms with E-state index >= 15 is 0 Å². The number of hydrogen-bond acceptors (Lipinski definition) is 2. The summed E-state index contributed by atoms with van der Waals surface area (Å²) in [7, 11) is 2.19. The number of rotatable bonds is 4. The van der Waals surface area contributed by atoms with Gasteiger partial charge in [0.2, 0.25) is 0 Å². The molecule has 0 bridgehead atoms. The van der Waals surface area contributed by atoms with Gasteiger partial charge >= 0.3 is 0 Å². The Morgan fingerprint density at radius 1 is 1.32 bits per heavy atom. The Morgan fingerprint density at radius 2 is 2.00 bits per heavy atom. The molecule has 0 radical (unpaired) electrons. The first-order valence-corrected chi connectivity index (χ1v) is 7.65. The van der Waals surface area contributed by atoms with Gasteiger partial charge < -0.3 is 10.6 Å². The lowest BCUT2D eigenvalue weighted by atomic mass is 9.84. The van der Waals surface area contributed by atoms with Crippen LogP contribution in [-0.4, -0.2) is 18.1 Å². The Hall–Kier alpha value is -1.09. The quantitative estimate of drug-likeness (QED) is 0.850. The summed E-state index contributed by atoms with van der Waals surface area (Å²) in [6.07, 6.45) is 6.65. The van der Waals surface area contributed by atoms with Crippen LogP contribution in [0.25, 0.3) is 0 Å². The molecule has 2 N–H and O–H groups in total. The molecule has 1 aliphatic carbocycles. The number of nitrogens with two attached hydrogens (primary N) is 1. The fraction of sp³-hybridized carbons (Fsp3) is 0.562. The molecule has 1 aromatic rings. The van der Waals surface area contributed by atoms with Crippen molar-refractivity contribution in [2.24, 2.45) is 11.7 Å². The van der Waals surface area contributed by atoms with Crippen LogP contribution in [0.1, 0.15) is 44.6 Å². The normalized spacial score (nSPS) is 23.1. The van der Waals surface area contributed by atoms with Crippen LogP contribution in [0.15, 0.2) is 24.3 Å². The summed E-state index contributed by atoms with van der Waals surface area (Å²) in [6, 6.07) is 8.93. The molecule has 0 spiro atoms. The maximum absolute atomic E-state index is 5.71. The summed E-state index contributed by atoms with van der Waals surface area (Å²) in [4.78, 5) is 2.87. The van der Waals surface area contributed by atoms with Crippen LogP contribution in [0.2, 0.25) is 0 Å². The molecule has 3 heteroatoms. The largest absolute Gasteiger partial charge is 0.389 e. The van der Waals surface area contributed by atoms with Crippen molar-refractivity contribution in [3.63, 3.8) is 0 Å². The smallest absolute Gasteiger partial charge is 0.104 e. The Bertz CT molecular complexity index is 436. The standard InChI is InChI=1S/C16H24N2S/c1-3-12-7-9-14(10-8-12)18(2)15-6-4-5-13(11-15)16(17)19/h4-6,11-12,14H,3,7-10H2,1-2H3,(H2,17,19). The first-order valence-electron chi connectivity index (χ1n) is 7.24. The molecule has 104 valence electrons. The van der Waals surface area contributed by atoms with Crippen LogP contribution >= 0.6 is 12.2 Å². The lowest BCUT2D eigenvalue weighted by molar-refractivity contribution is 0.313. The van der Waals surface area contributed by atoms with E-state index in [1.165, 1.54) is 37.8 Å². The van der Waals surface area contributed by atoms with Gasteiger partial charge in [0.25, 0.3) is 0 Å². The van der Waals surface area contributed by atoms with Gasteiger partial charge in [-0.15, -0.1) is 0 Å². The minimum Gasteiger partial charge on any atom is -0.389 e. The monoisotopic (exact) mass is 276 g/mol. The molecule has 2 rings (SSSR count). The molecule has 0 saturated heterocycles. The summed E-state index contributed by atoms with van der Waals surface area (Å²) in [5, 5.41) is 0. The number of benzene rings is 1. The van der Waals surface area contributed by atoms with Crippen molar-refractivity contribution in [3.8, 4) is 0 Å². The van der Waals surface area contributed by atoms with Gasteiger partial charge in [-0.25, -0.2) is 0 Å². The third-order valence-electron chi connectivity index (χ3n) is 4.48. The maximum atomic E-state index is 5.71. The van der Waals surface area contributed by atoms with Gasteiger partial charge in [-0.05, 0) is 43.7 Å². The predicted octanol–water partition coefficient (Wildman–Crippen LogP) is 3.73. The van der Waals surface area contributed by atoms with Crippen LogP contribution in [0.3, 0.4) is 0 Å². The molecular weight excluding hydrogens is 252 g/mol. The van der Waals surface area contributed by atoms with E-state index in [2.05, 4.69) is 31.0 Å². The van der Waals surface area contributed by atoms with Crippen LogP contribution in [-0.2, 0) is 0 Å². The summed E-state index contributed by atoms with van der Waals surface area (Å²) in [5.41, 5.74) is 7.90. The van der Waals surface area contributed by atoms with Crippen molar-refractivity contribution in [2.75, 3.05) is 11.9 Å². The van der Waals surface area contributed by atoms with E-state index in [1.54, 1.807) is 0 Å². The lowest BCUT2D eigenvalue weighted by Crippen LogP contribution is -2.35. The molecule has 0 aliphatic heterocycles. The molecule has 2 nitrogen and oxygen atoms in total. The van der Waals surface area contributed by atoms with Crippen LogP contribution in [0, 0.1) is 5.92 Å². The minimum atomic E-state index is 0.477. The van der Waals surface area contributed by atoms with Gasteiger partial charge in [0.15, 0.2) is 0 Å². The van der Waals surface area contributed by atoms with Crippen LogP contribution in [0.4, 0.5) is 5.69 Å². The average molecular weight is 276 g/mol. The minimum absolute atomic E-state index is 0.477. The van der Waals surface area contributed by atoms with Crippen molar-refractivity contribution in [2.45, 2.75) is 45.1 Å². The molecule has 0 amide bonds. The van der Waals surface area contributed by atoms with Gasteiger partial charge in [0.05, 0.1) is 0 Å². The van der Waals surface area contributed by atoms with Gasteiger partial charge in [0.1, 0.15) is 4.99 Å². The van der Waals surface area contributed by atoms with Gasteiger partial charge in [-0.3, -0.25) is 0 Å². The molecule has 1 aromatic carbocycles. The fourth-order valence-corrected chi connectivity index (χ4v) is 3.16. The number of anilines is 1. The van der Waals surface area contributed by atoms with Crippen molar-refractivity contribution in [1.29, 1.82) is 0 Å². The van der Waals surface area contributed by atoms with Crippen molar-refractivity contribution in [1.82, 2.24) is 0 Å². The van der Waals surface area contributed by atoms with Gasteiger partial charge in [-0.1, -0.05) is 37.7 Å². The summed E-state index contributed by atoms with van der Waals surface area (Å²) in [5.74, 6) is 0.938. The van der Waals surface area contributed by atoms with E-state index in [-0.39, 0.29) is 0 Å². The molecule has 1 fully saturated rings. The highest BCUT2D eigenvalue weighted by molar-refractivity contribution is 7.80. The first-order chi connectivity index (χ1) is 9.11. The maximum Gasteiger partial charge on any atom is 0.104 e. The van der Waals surface area contributed by atoms with E-state index in [1.807, 2.05) is 12.1 Å². The molecule has 0 heterocycles. The Morgan fingerprint density at radius 3 is 2.58 bits per heavy atom. The molecule has 0 aromatic heterocycles. The van der Waals surface area contributed by atoms with E-state index in [9.17, 15) is 0 Å². The highest BCUT2D eigenvalue weighted by Gasteiger charge is 2.23. The summed E-state index contributed by atoms with van der Waals surface area (Å²) >= 11 is 5.06. The molecule has 19 heavy (non-hydrogen) atoms. The van der Waals surface area contributed by atoms with Gasteiger partial charge in [-0.2, -0.15) is 0 Å². The van der Waals surface area contributed by atoms with Crippen molar-refractivity contribution >= 4 is 22.9 Å². The fourth-order valence-electron chi connectivity index (χ4n) is 3.03. The zero-order chi connectivity index (χ0) is 13.8. The first kappa shape index (κ1) is 14.3. The molecular formula is C16H24N2S. The summed E-state index contributed by atoms with van der Waals surface area (Å²) in [6.45, 7) is 2.31. The van der Waals surface area contributed by atoms with Crippen molar-refractivity contribution in [3.05, 3.63) is 29.8 Å². The third-order valence-corrected chi connectivity index (χ3v) is 4.71. The second-order valence-electron chi connectivity index (χ2n) is 5.61. The zero-order valence-corrected chi connectivity index (χ0v) is 12.7. The highest BCUT2D eigenvalue weighted by Crippen LogP contribution is 2.31. The predicted molar refractivity (Wildman–Crippen MR) is 86.8 cm³/mol. The third kappa shape index (κ3) is 3.47. The number of nitrogens with zero attached hydrogens (tertiary/aromatic N) is 1. The SMILES string of the molecule is CCC1CCC(N(C)c2cccc(C(N)=S)c2)CC1. The Balaban J connectivity index is 2.05. The van der Waals surface area contributed by atoms with Gasteiger partial charge in [0, 0.05) is 24.3 Å². The number of hydrogen-bond donors (Lipinski definition) is 1. The molecule has 0 unspecified atom stereocenters.